The molecule has 27 heavy (non-hydrogen) atoms. The first-order valence-electron chi connectivity index (χ1n) is 8.70. The van der Waals surface area contributed by atoms with Gasteiger partial charge in [-0.05, 0) is 56.2 Å². The average Bonchev–Trinajstić information content (AvgIpc) is 2.58. The Kier molecular flexibility index (Phi) is 6.44. The van der Waals surface area contributed by atoms with Crippen molar-refractivity contribution in [2.75, 3.05) is 17.1 Å². The summed E-state index contributed by atoms with van der Waals surface area (Å²) < 4.78 is 25.0. The van der Waals surface area contributed by atoms with Crippen molar-refractivity contribution in [2.24, 2.45) is 0 Å². The smallest absolute Gasteiger partial charge is 0.251 e. The van der Waals surface area contributed by atoms with E-state index in [1.165, 1.54) is 15.9 Å². The fourth-order valence-electron chi connectivity index (χ4n) is 3.00. The lowest BCUT2D eigenvalue weighted by molar-refractivity contribution is 0.0940. The minimum Gasteiger partial charge on any atom is -0.346 e. The van der Waals surface area contributed by atoms with Gasteiger partial charge in [-0.1, -0.05) is 29.8 Å². The molecule has 0 aliphatic heterocycles. The molecule has 0 radical (unpaired) electrons. The van der Waals surface area contributed by atoms with Crippen LogP contribution in [0.5, 0.6) is 0 Å². The van der Waals surface area contributed by atoms with Crippen LogP contribution < -0.4 is 9.62 Å². The van der Waals surface area contributed by atoms with Gasteiger partial charge in [0.1, 0.15) is 0 Å². The molecule has 0 fully saturated rings. The molecular formula is C21H26N2O3S. The second-order valence-corrected chi connectivity index (χ2v) is 8.59. The Balaban J connectivity index is 2.16. The number of aryl methyl sites for hydroxylation is 2. The molecule has 0 bridgehead atoms. The molecule has 1 N–H and O–H groups in total. The van der Waals surface area contributed by atoms with Gasteiger partial charge < -0.3 is 5.32 Å². The highest BCUT2D eigenvalue weighted by atomic mass is 32.2. The number of carbonyl (C=O) groups is 1. The van der Waals surface area contributed by atoms with E-state index in [1.807, 2.05) is 32.9 Å². The van der Waals surface area contributed by atoms with Gasteiger partial charge in [0.2, 0.25) is 10.0 Å². The molecule has 0 saturated heterocycles. The van der Waals surface area contributed by atoms with Gasteiger partial charge in [-0.3, -0.25) is 9.10 Å². The zero-order chi connectivity index (χ0) is 20.2. The van der Waals surface area contributed by atoms with Crippen molar-refractivity contribution < 1.29 is 13.2 Å². The second-order valence-electron chi connectivity index (χ2n) is 6.68. The zero-order valence-electron chi connectivity index (χ0n) is 16.2. The number of sulfonamides is 1. The van der Waals surface area contributed by atoms with Crippen molar-refractivity contribution in [3.63, 3.8) is 0 Å². The molecule has 2 aromatic rings. The first-order valence-corrected chi connectivity index (χ1v) is 10.5. The number of hydrogen-bond acceptors (Lipinski definition) is 3. The van der Waals surface area contributed by atoms with Gasteiger partial charge in [-0.25, -0.2) is 8.42 Å². The van der Waals surface area contributed by atoms with E-state index in [4.69, 9.17) is 0 Å². The van der Waals surface area contributed by atoms with Crippen LogP contribution in [-0.4, -0.2) is 27.1 Å². The van der Waals surface area contributed by atoms with Crippen molar-refractivity contribution in [1.82, 2.24) is 5.32 Å². The molecule has 144 valence electrons. The highest BCUT2D eigenvalue weighted by Gasteiger charge is 2.17. The minimum atomic E-state index is -3.42. The van der Waals surface area contributed by atoms with E-state index in [9.17, 15) is 13.2 Å². The number of nitrogens with one attached hydrogen (secondary N) is 1. The number of hydrogen-bond donors (Lipinski definition) is 1. The number of anilines is 1. The molecule has 0 saturated carbocycles. The first-order chi connectivity index (χ1) is 12.6. The molecule has 0 aromatic heterocycles. The summed E-state index contributed by atoms with van der Waals surface area (Å²) in [5.74, 6) is -0.205. The number of carbonyl (C=O) groups excluding carboxylic acids is 1. The van der Waals surface area contributed by atoms with Crippen molar-refractivity contribution in [3.05, 3.63) is 77.4 Å². The third-order valence-corrected chi connectivity index (χ3v) is 5.51. The maximum Gasteiger partial charge on any atom is 0.251 e. The number of rotatable bonds is 7. The van der Waals surface area contributed by atoms with E-state index in [1.54, 1.807) is 24.3 Å². The molecule has 0 heterocycles. The molecule has 2 rings (SSSR count). The number of amides is 1. The monoisotopic (exact) mass is 386 g/mol. The summed E-state index contributed by atoms with van der Waals surface area (Å²) in [7, 11) is -3.42. The maximum absolute atomic E-state index is 12.6. The SMILES string of the molecule is C=CCN(c1ccc(C(=O)NC(C)c2ccc(C)cc2C)cc1)S(C)(=O)=O. The molecule has 0 aliphatic carbocycles. The number of nitrogens with zero attached hydrogens (tertiary/aromatic N) is 1. The van der Waals surface area contributed by atoms with E-state index in [0.29, 0.717) is 11.3 Å². The molecule has 1 unspecified atom stereocenters. The fourth-order valence-corrected chi connectivity index (χ4v) is 3.88. The second kappa shape index (κ2) is 8.39. The van der Waals surface area contributed by atoms with Gasteiger partial charge >= 0.3 is 0 Å². The normalized spacial score (nSPS) is 12.3. The predicted molar refractivity (Wildman–Crippen MR) is 111 cm³/mol. The van der Waals surface area contributed by atoms with E-state index in [2.05, 4.69) is 18.0 Å². The van der Waals surface area contributed by atoms with Crippen LogP contribution in [0.3, 0.4) is 0 Å². The summed E-state index contributed by atoms with van der Waals surface area (Å²) in [6, 6.07) is 12.5. The van der Waals surface area contributed by atoms with Gasteiger partial charge in [-0.2, -0.15) is 0 Å². The van der Waals surface area contributed by atoms with E-state index in [-0.39, 0.29) is 18.5 Å². The topological polar surface area (TPSA) is 66.5 Å². The standard InChI is InChI=1S/C21H26N2O3S/c1-6-13-23(27(5,25)26)19-10-8-18(9-11-19)21(24)22-17(4)20-12-7-15(2)14-16(20)3/h6-12,14,17H,1,13H2,2-5H3,(H,22,24). The van der Waals surface area contributed by atoms with Crippen LogP contribution in [0.15, 0.2) is 55.1 Å². The molecule has 0 aliphatic rings. The van der Waals surface area contributed by atoms with Crippen LogP contribution in [0.2, 0.25) is 0 Å². The minimum absolute atomic E-state index is 0.133. The van der Waals surface area contributed by atoms with Gasteiger partial charge in [-0.15, -0.1) is 6.58 Å². The third kappa shape index (κ3) is 5.20. The summed E-state index contributed by atoms with van der Waals surface area (Å²) in [6.07, 6.45) is 2.66. The highest BCUT2D eigenvalue weighted by molar-refractivity contribution is 7.92. The van der Waals surface area contributed by atoms with Crippen LogP contribution in [-0.2, 0) is 10.0 Å². The zero-order valence-corrected chi connectivity index (χ0v) is 17.0. The Morgan fingerprint density at radius 3 is 2.33 bits per heavy atom. The van der Waals surface area contributed by atoms with Crippen molar-refractivity contribution in [3.8, 4) is 0 Å². The average molecular weight is 387 g/mol. The molecular weight excluding hydrogens is 360 g/mol. The molecule has 0 spiro atoms. The Hall–Kier alpha value is -2.60. The highest BCUT2D eigenvalue weighted by Crippen LogP contribution is 2.21. The lowest BCUT2D eigenvalue weighted by atomic mass is 10.00. The first kappa shape index (κ1) is 20.7. The van der Waals surface area contributed by atoms with E-state index >= 15 is 0 Å². The summed E-state index contributed by atoms with van der Waals surface area (Å²) in [6.45, 7) is 9.77. The Labute approximate surface area is 161 Å². The summed E-state index contributed by atoms with van der Waals surface area (Å²) >= 11 is 0. The molecule has 1 atom stereocenters. The molecule has 1 amide bonds. The van der Waals surface area contributed by atoms with Crippen molar-refractivity contribution in [2.45, 2.75) is 26.8 Å². The number of benzene rings is 2. The lowest BCUT2D eigenvalue weighted by Crippen LogP contribution is -2.30. The maximum atomic E-state index is 12.6. The Morgan fingerprint density at radius 1 is 1.19 bits per heavy atom. The van der Waals surface area contributed by atoms with Gasteiger partial charge in [0.15, 0.2) is 0 Å². The summed E-state index contributed by atoms with van der Waals surface area (Å²) in [4.78, 5) is 12.6. The van der Waals surface area contributed by atoms with Crippen molar-refractivity contribution >= 4 is 21.6 Å². The van der Waals surface area contributed by atoms with Crippen LogP contribution in [0.1, 0.15) is 40.0 Å². The van der Waals surface area contributed by atoms with Crippen LogP contribution in [0, 0.1) is 13.8 Å². The summed E-state index contributed by atoms with van der Waals surface area (Å²) in [5, 5.41) is 2.99. The van der Waals surface area contributed by atoms with Gasteiger partial charge in [0.05, 0.1) is 24.5 Å². The van der Waals surface area contributed by atoms with E-state index < -0.39 is 10.0 Å². The van der Waals surface area contributed by atoms with Crippen LogP contribution in [0.4, 0.5) is 5.69 Å². The van der Waals surface area contributed by atoms with Crippen LogP contribution in [0.25, 0.3) is 0 Å². The van der Waals surface area contributed by atoms with Gasteiger partial charge in [0.25, 0.3) is 5.91 Å². The third-order valence-electron chi connectivity index (χ3n) is 4.35. The Bertz CT molecular complexity index is 934. The predicted octanol–water partition coefficient (Wildman–Crippen LogP) is 3.75. The summed E-state index contributed by atoms with van der Waals surface area (Å²) in [5.41, 5.74) is 4.35. The van der Waals surface area contributed by atoms with Crippen molar-refractivity contribution in [1.29, 1.82) is 0 Å². The fraction of sp³-hybridized carbons (Fsp3) is 0.286. The Morgan fingerprint density at radius 2 is 1.81 bits per heavy atom. The molecule has 5 nitrogen and oxygen atoms in total. The van der Waals surface area contributed by atoms with Gasteiger partial charge in [0, 0.05) is 5.56 Å². The van der Waals surface area contributed by atoms with Crippen LogP contribution >= 0.6 is 0 Å². The molecule has 2 aromatic carbocycles. The van der Waals surface area contributed by atoms with E-state index in [0.717, 1.165) is 17.4 Å². The lowest BCUT2D eigenvalue weighted by Gasteiger charge is -2.21. The largest absolute Gasteiger partial charge is 0.346 e. The quantitative estimate of drug-likeness (QED) is 0.737. The molecule has 6 heteroatoms.